The number of nitrogens with zero attached hydrogens (tertiary/aromatic N) is 3. The predicted octanol–water partition coefficient (Wildman–Crippen LogP) is 4.37. The Bertz CT molecular complexity index is 1210. The van der Waals surface area contributed by atoms with E-state index in [1.54, 1.807) is 24.3 Å². The quantitative estimate of drug-likeness (QED) is 0.139. The van der Waals surface area contributed by atoms with Gasteiger partial charge in [0.05, 0.1) is 5.92 Å². The van der Waals surface area contributed by atoms with Crippen molar-refractivity contribution in [2.24, 2.45) is 16.8 Å². The minimum atomic E-state index is -3.68. The van der Waals surface area contributed by atoms with Crippen LogP contribution >= 0.6 is 11.6 Å². The van der Waals surface area contributed by atoms with E-state index in [0.29, 0.717) is 22.2 Å². The average molecular weight is 476 g/mol. The van der Waals surface area contributed by atoms with Crippen molar-refractivity contribution in [3.8, 4) is 11.8 Å². The van der Waals surface area contributed by atoms with E-state index in [9.17, 15) is 8.78 Å². The summed E-state index contributed by atoms with van der Waals surface area (Å²) in [6.45, 7) is -0.575. The first-order valence-electron chi connectivity index (χ1n) is 9.52. The molecule has 0 saturated heterocycles. The van der Waals surface area contributed by atoms with Gasteiger partial charge in [0.2, 0.25) is 0 Å². The van der Waals surface area contributed by atoms with Gasteiger partial charge in [0.1, 0.15) is 23.7 Å². The highest BCUT2D eigenvalue weighted by atomic mass is 35.5. The van der Waals surface area contributed by atoms with Crippen LogP contribution in [-0.4, -0.2) is 22.9 Å². The Hall–Kier alpha value is -3.61. The van der Waals surface area contributed by atoms with Gasteiger partial charge >= 0.3 is 0 Å². The SMILES string of the molecule is N/N=C\N(N)CC(c1ccc(F)cc1F)C(F)(F)c1ccc(C#Cc2cccc(Cl)c2)cn1. The maximum absolute atomic E-state index is 15.5. The van der Waals surface area contributed by atoms with Gasteiger partial charge in [0.25, 0.3) is 5.92 Å². The molecule has 0 spiro atoms. The molecule has 0 saturated carbocycles. The molecule has 1 unspecified atom stereocenters. The molecule has 33 heavy (non-hydrogen) atoms. The molecule has 0 fully saturated rings. The van der Waals surface area contributed by atoms with E-state index in [2.05, 4.69) is 21.9 Å². The zero-order valence-electron chi connectivity index (χ0n) is 17.0. The lowest BCUT2D eigenvalue weighted by molar-refractivity contribution is -0.0443. The normalized spacial score (nSPS) is 12.3. The molecule has 0 amide bonds. The summed E-state index contributed by atoms with van der Waals surface area (Å²) in [5, 5.41) is 4.47. The Labute approximate surface area is 192 Å². The zero-order chi connectivity index (χ0) is 24.0. The molecule has 3 rings (SSSR count). The van der Waals surface area contributed by atoms with Crippen LogP contribution in [0, 0.1) is 23.5 Å². The average Bonchev–Trinajstić information content (AvgIpc) is 2.77. The van der Waals surface area contributed by atoms with Gasteiger partial charge in [0.15, 0.2) is 0 Å². The Morgan fingerprint density at radius 3 is 2.48 bits per heavy atom. The van der Waals surface area contributed by atoms with E-state index in [4.69, 9.17) is 23.3 Å². The zero-order valence-corrected chi connectivity index (χ0v) is 17.8. The predicted molar refractivity (Wildman–Crippen MR) is 118 cm³/mol. The second-order valence-electron chi connectivity index (χ2n) is 7.00. The van der Waals surface area contributed by atoms with Crippen molar-refractivity contribution in [1.82, 2.24) is 9.99 Å². The lowest BCUT2D eigenvalue weighted by Crippen LogP contribution is -2.40. The van der Waals surface area contributed by atoms with Gasteiger partial charge in [-0.1, -0.05) is 35.6 Å². The van der Waals surface area contributed by atoms with E-state index in [0.717, 1.165) is 29.5 Å². The maximum Gasteiger partial charge on any atom is 0.298 e. The molecule has 0 aliphatic rings. The Morgan fingerprint density at radius 2 is 1.85 bits per heavy atom. The van der Waals surface area contributed by atoms with Crippen LogP contribution < -0.4 is 11.7 Å². The molecular formula is C23H18ClF4N5. The fourth-order valence-electron chi connectivity index (χ4n) is 3.09. The van der Waals surface area contributed by atoms with Crippen molar-refractivity contribution in [3.63, 3.8) is 0 Å². The second kappa shape index (κ2) is 10.3. The highest BCUT2D eigenvalue weighted by Crippen LogP contribution is 2.42. The van der Waals surface area contributed by atoms with Crippen LogP contribution in [0.15, 0.2) is 65.9 Å². The van der Waals surface area contributed by atoms with E-state index >= 15 is 8.78 Å². The second-order valence-corrected chi connectivity index (χ2v) is 7.43. The number of nitrogens with two attached hydrogens (primary N) is 2. The lowest BCUT2D eigenvalue weighted by Gasteiger charge is -2.29. The third-order valence-corrected chi connectivity index (χ3v) is 4.90. The monoisotopic (exact) mass is 475 g/mol. The van der Waals surface area contributed by atoms with Gasteiger partial charge in [-0.25, -0.2) is 14.6 Å². The topological polar surface area (TPSA) is 80.5 Å². The summed E-state index contributed by atoms with van der Waals surface area (Å²) in [5.41, 5.74) is -0.0420. The molecule has 1 aromatic heterocycles. The number of hydrogen-bond acceptors (Lipinski definition) is 4. The minimum absolute atomic E-state index is 0.384. The third kappa shape index (κ3) is 6.00. The summed E-state index contributed by atoms with van der Waals surface area (Å²) >= 11 is 5.91. The molecule has 3 aromatic rings. The number of aromatic nitrogens is 1. The van der Waals surface area contributed by atoms with Crippen LogP contribution in [-0.2, 0) is 5.92 Å². The number of hydrogen-bond donors (Lipinski definition) is 2. The van der Waals surface area contributed by atoms with Crippen molar-refractivity contribution in [2.45, 2.75) is 11.8 Å². The van der Waals surface area contributed by atoms with E-state index in [1.165, 1.54) is 12.3 Å². The van der Waals surface area contributed by atoms with Crippen molar-refractivity contribution < 1.29 is 17.6 Å². The number of halogens is 5. The number of alkyl halides is 2. The van der Waals surface area contributed by atoms with Crippen LogP contribution in [0.5, 0.6) is 0 Å². The van der Waals surface area contributed by atoms with Gasteiger partial charge < -0.3 is 5.84 Å². The summed E-state index contributed by atoms with van der Waals surface area (Å²) in [7, 11) is 0. The van der Waals surface area contributed by atoms with Crippen LogP contribution in [0.4, 0.5) is 17.6 Å². The third-order valence-electron chi connectivity index (χ3n) is 4.66. The fourth-order valence-corrected chi connectivity index (χ4v) is 3.28. The van der Waals surface area contributed by atoms with Crippen LogP contribution in [0.1, 0.15) is 28.3 Å². The van der Waals surface area contributed by atoms with Crippen molar-refractivity contribution >= 4 is 17.9 Å². The largest absolute Gasteiger partial charge is 0.322 e. The van der Waals surface area contributed by atoms with Gasteiger partial charge in [-0.05, 0) is 42.0 Å². The van der Waals surface area contributed by atoms with Crippen molar-refractivity contribution in [2.75, 3.05) is 6.54 Å². The lowest BCUT2D eigenvalue weighted by atomic mass is 9.89. The van der Waals surface area contributed by atoms with Gasteiger partial charge in [-0.2, -0.15) is 13.9 Å². The van der Waals surface area contributed by atoms with Crippen molar-refractivity contribution in [3.05, 3.63) is 99.8 Å². The number of rotatable bonds is 6. The Kier molecular flexibility index (Phi) is 7.53. The highest BCUT2D eigenvalue weighted by Gasteiger charge is 2.45. The van der Waals surface area contributed by atoms with E-state index in [-0.39, 0.29) is 0 Å². The van der Waals surface area contributed by atoms with Gasteiger partial charge in [-0.15, -0.1) is 0 Å². The number of benzene rings is 2. The molecule has 0 aliphatic heterocycles. The summed E-state index contributed by atoms with van der Waals surface area (Å²) in [4.78, 5) is 3.83. The number of hydrazine groups is 1. The van der Waals surface area contributed by atoms with E-state index in [1.807, 2.05) is 0 Å². The highest BCUT2D eigenvalue weighted by molar-refractivity contribution is 6.30. The molecule has 1 heterocycles. The summed E-state index contributed by atoms with van der Waals surface area (Å²) in [6, 6.07) is 11.7. The molecule has 10 heteroatoms. The van der Waals surface area contributed by atoms with Crippen LogP contribution in [0.2, 0.25) is 5.02 Å². The molecule has 0 aliphatic carbocycles. The van der Waals surface area contributed by atoms with Crippen LogP contribution in [0.3, 0.4) is 0 Å². The first-order chi connectivity index (χ1) is 15.7. The van der Waals surface area contributed by atoms with Gasteiger partial charge in [0, 0.05) is 35.0 Å². The number of hydrazone groups is 1. The first kappa shape index (κ1) is 24.0. The molecule has 0 bridgehead atoms. The number of pyridine rings is 1. The van der Waals surface area contributed by atoms with Crippen LogP contribution in [0.25, 0.3) is 0 Å². The Balaban J connectivity index is 1.93. The molecule has 0 radical (unpaired) electrons. The molecule has 5 nitrogen and oxygen atoms in total. The first-order valence-corrected chi connectivity index (χ1v) is 9.90. The summed E-state index contributed by atoms with van der Waals surface area (Å²) in [6.07, 6.45) is 2.09. The summed E-state index contributed by atoms with van der Waals surface area (Å²) in [5.74, 6) is 8.79. The summed E-state index contributed by atoms with van der Waals surface area (Å²) < 4.78 is 58.7. The molecule has 170 valence electrons. The van der Waals surface area contributed by atoms with Gasteiger partial charge in [-0.3, -0.25) is 9.99 Å². The van der Waals surface area contributed by atoms with E-state index < -0.39 is 41.3 Å². The fraction of sp³-hybridized carbons (Fsp3) is 0.130. The maximum atomic E-state index is 15.5. The molecule has 1 atom stereocenters. The smallest absolute Gasteiger partial charge is 0.298 e. The molecule has 4 N–H and O–H groups in total. The Morgan fingerprint density at radius 1 is 1.09 bits per heavy atom. The minimum Gasteiger partial charge on any atom is -0.322 e. The van der Waals surface area contributed by atoms with Crippen molar-refractivity contribution in [1.29, 1.82) is 0 Å². The molecule has 2 aromatic carbocycles. The molecular weight excluding hydrogens is 458 g/mol. The standard InChI is InChI=1S/C23H18ClF4N5/c24-17-3-1-2-15(10-17)4-5-16-6-9-22(31-12-16)23(27,28)20(13-33(30)14-32-29)19-8-7-18(25)11-21(19)26/h1-3,6-12,14,20H,13,29-30H2/b32-14-.